The van der Waals surface area contributed by atoms with Crippen LogP contribution in [0, 0.1) is 6.92 Å². The predicted molar refractivity (Wildman–Crippen MR) is 86.3 cm³/mol. The number of rotatable bonds is 4. The van der Waals surface area contributed by atoms with Crippen LogP contribution in [0.15, 0.2) is 53.0 Å². The molecule has 0 aliphatic carbocycles. The van der Waals surface area contributed by atoms with Gasteiger partial charge in [-0.2, -0.15) is 0 Å². The number of carbonyl (C=O) groups excluding carboxylic acids is 2. The second-order valence-electron chi connectivity index (χ2n) is 4.56. The molecular weight excluding hydrogens is 332 g/mol. The van der Waals surface area contributed by atoms with E-state index in [9.17, 15) is 9.59 Å². The molecule has 0 saturated heterocycles. The summed E-state index contributed by atoms with van der Waals surface area (Å²) in [5, 5.41) is 5.32. The van der Waals surface area contributed by atoms with Gasteiger partial charge >= 0.3 is 0 Å². The van der Waals surface area contributed by atoms with Crippen LogP contribution >= 0.6 is 15.9 Å². The summed E-state index contributed by atoms with van der Waals surface area (Å²) in [4.78, 5) is 23.6. The van der Waals surface area contributed by atoms with Gasteiger partial charge in [0.05, 0.1) is 6.54 Å². The molecule has 2 aromatic carbocycles. The van der Waals surface area contributed by atoms with Crippen molar-refractivity contribution >= 4 is 33.4 Å². The summed E-state index contributed by atoms with van der Waals surface area (Å²) in [7, 11) is 0. The summed E-state index contributed by atoms with van der Waals surface area (Å²) < 4.78 is 0.925. The van der Waals surface area contributed by atoms with Gasteiger partial charge in [-0.1, -0.05) is 40.2 Å². The number of carbonyl (C=O) groups is 2. The van der Waals surface area contributed by atoms with Gasteiger partial charge in [0.25, 0.3) is 5.91 Å². The van der Waals surface area contributed by atoms with Gasteiger partial charge in [0.1, 0.15) is 0 Å². The van der Waals surface area contributed by atoms with E-state index in [1.54, 1.807) is 24.3 Å². The minimum Gasteiger partial charge on any atom is -0.343 e. The third-order valence-electron chi connectivity index (χ3n) is 2.90. The standard InChI is InChI=1S/C16H15BrN2O2/c1-11-7-8-13(9-14(11)17)19-15(20)10-18-16(21)12-5-3-2-4-6-12/h2-9H,10H2,1H3,(H,18,21)(H,19,20). The Kier molecular flexibility index (Phi) is 5.11. The van der Waals surface area contributed by atoms with Gasteiger partial charge in [-0.05, 0) is 36.8 Å². The molecule has 2 amide bonds. The van der Waals surface area contributed by atoms with E-state index in [4.69, 9.17) is 0 Å². The zero-order chi connectivity index (χ0) is 15.2. The zero-order valence-corrected chi connectivity index (χ0v) is 13.1. The fourth-order valence-corrected chi connectivity index (χ4v) is 2.11. The Balaban J connectivity index is 1.87. The van der Waals surface area contributed by atoms with Crippen LogP contribution in [0.4, 0.5) is 5.69 Å². The summed E-state index contributed by atoms with van der Waals surface area (Å²) in [5.41, 5.74) is 2.31. The average molecular weight is 347 g/mol. The second-order valence-corrected chi connectivity index (χ2v) is 5.42. The zero-order valence-electron chi connectivity index (χ0n) is 11.5. The molecule has 0 fully saturated rings. The Morgan fingerprint density at radius 3 is 2.48 bits per heavy atom. The van der Waals surface area contributed by atoms with Crippen molar-refractivity contribution in [2.45, 2.75) is 6.92 Å². The van der Waals surface area contributed by atoms with Crippen LogP contribution in [0.25, 0.3) is 0 Å². The summed E-state index contributed by atoms with van der Waals surface area (Å²) in [5.74, 6) is -0.536. The van der Waals surface area contributed by atoms with E-state index in [0.717, 1.165) is 10.0 Å². The quantitative estimate of drug-likeness (QED) is 0.893. The lowest BCUT2D eigenvalue weighted by Crippen LogP contribution is -2.32. The van der Waals surface area contributed by atoms with Gasteiger partial charge < -0.3 is 10.6 Å². The van der Waals surface area contributed by atoms with E-state index in [-0.39, 0.29) is 18.4 Å². The number of hydrogen-bond acceptors (Lipinski definition) is 2. The van der Waals surface area contributed by atoms with E-state index >= 15 is 0 Å². The topological polar surface area (TPSA) is 58.2 Å². The Morgan fingerprint density at radius 1 is 1.10 bits per heavy atom. The molecule has 2 rings (SSSR count). The number of halogens is 1. The predicted octanol–water partition coefficient (Wildman–Crippen LogP) is 3.13. The minimum absolute atomic E-state index is 0.0702. The van der Waals surface area contributed by atoms with E-state index in [1.807, 2.05) is 31.2 Å². The number of nitrogens with one attached hydrogen (secondary N) is 2. The average Bonchev–Trinajstić information content (AvgIpc) is 2.49. The van der Waals surface area contributed by atoms with Crippen molar-refractivity contribution in [2.24, 2.45) is 0 Å². The van der Waals surface area contributed by atoms with Gasteiger partial charge in [-0.3, -0.25) is 9.59 Å². The van der Waals surface area contributed by atoms with E-state index < -0.39 is 0 Å². The molecule has 0 saturated carbocycles. The van der Waals surface area contributed by atoms with E-state index in [2.05, 4.69) is 26.6 Å². The molecule has 0 atom stereocenters. The molecule has 2 aromatic rings. The van der Waals surface area contributed by atoms with Gasteiger partial charge in [-0.25, -0.2) is 0 Å². The van der Waals surface area contributed by atoms with Crippen LogP contribution in [0.3, 0.4) is 0 Å². The maximum Gasteiger partial charge on any atom is 0.251 e. The summed E-state index contributed by atoms with van der Waals surface area (Å²) >= 11 is 3.41. The SMILES string of the molecule is Cc1ccc(NC(=O)CNC(=O)c2ccccc2)cc1Br. The second kappa shape index (κ2) is 7.04. The lowest BCUT2D eigenvalue weighted by Gasteiger charge is -2.08. The third kappa shape index (κ3) is 4.43. The van der Waals surface area contributed by atoms with E-state index in [1.165, 1.54) is 0 Å². The highest BCUT2D eigenvalue weighted by Gasteiger charge is 2.08. The maximum atomic E-state index is 11.8. The molecule has 0 spiro atoms. The highest BCUT2D eigenvalue weighted by atomic mass is 79.9. The summed E-state index contributed by atoms with van der Waals surface area (Å²) in [6, 6.07) is 14.3. The molecule has 0 aliphatic rings. The molecule has 2 N–H and O–H groups in total. The van der Waals surface area contributed by atoms with Gasteiger partial charge in [0.2, 0.25) is 5.91 Å². The summed E-state index contributed by atoms with van der Waals surface area (Å²) in [6.45, 7) is 1.90. The first-order valence-electron chi connectivity index (χ1n) is 6.45. The first kappa shape index (κ1) is 15.3. The van der Waals surface area contributed by atoms with Crippen LogP contribution in [0.1, 0.15) is 15.9 Å². The van der Waals surface area contributed by atoms with Crippen LogP contribution in [0.2, 0.25) is 0 Å². The molecule has 108 valence electrons. The fourth-order valence-electron chi connectivity index (χ4n) is 1.73. The van der Waals surface area contributed by atoms with Crippen LogP contribution in [-0.2, 0) is 4.79 Å². The highest BCUT2D eigenvalue weighted by Crippen LogP contribution is 2.20. The fraction of sp³-hybridized carbons (Fsp3) is 0.125. The summed E-state index contributed by atoms with van der Waals surface area (Å²) in [6.07, 6.45) is 0. The van der Waals surface area contributed by atoms with Crippen molar-refractivity contribution in [1.82, 2.24) is 5.32 Å². The lowest BCUT2D eigenvalue weighted by molar-refractivity contribution is -0.115. The van der Waals surface area contributed by atoms with Gasteiger partial charge in [0.15, 0.2) is 0 Å². The molecule has 0 radical (unpaired) electrons. The number of hydrogen-bond donors (Lipinski definition) is 2. The number of anilines is 1. The van der Waals surface area contributed by atoms with Gasteiger partial charge in [0, 0.05) is 15.7 Å². The number of amides is 2. The monoisotopic (exact) mass is 346 g/mol. The first-order valence-corrected chi connectivity index (χ1v) is 7.25. The van der Waals surface area contributed by atoms with Crippen molar-refractivity contribution in [3.8, 4) is 0 Å². The van der Waals surface area contributed by atoms with E-state index in [0.29, 0.717) is 11.3 Å². The van der Waals surface area contributed by atoms with Crippen LogP contribution in [0.5, 0.6) is 0 Å². The first-order chi connectivity index (χ1) is 10.1. The number of benzene rings is 2. The molecular formula is C16H15BrN2O2. The Bertz CT molecular complexity index is 657. The Labute approximate surface area is 131 Å². The van der Waals surface area contributed by atoms with Crippen molar-refractivity contribution in [3.05, 3.63) is 64.1 Å². The number of aryl methyl sites for hydroxylation is 1. The molecule has 0 aromatic heterocycles. The lowest BCUT2D eigenvalue weighted by atomic mass is 10.2. The molecule has 0 heterocycles. The molecule has 0 aliphatic heterocycles. The van der Waals surface area contributed by atoms with Crippen molar-refractivity contribution in [1.29, 1.82) is 0 Å². The Morgan fingerprint density at radius 2 is 1.81 bits per heavy atom. The molecule has 21 heavy (non-hydrogen) atoms. The normalized spacial score (nSPS) is 10.0. The maximum absolute atomic E-state index is 11.8. The Hall–Kier alpha value is -2.14. The third-order valence-corrected chi connectivity index (χ3v) is 3.76. The molecule has 0 bridgehead atoms. The van der Waals surface area contributed by atoms with Crippen LogP contribution in [-0.4, -0.2) is 18.4 Å². The molecule has 5 heteroatoms. The van der Waals surface area contributed by atoms with Crippen LogP contribution < -0.4 is 10.6 Å². The molecule has 4 nitrogen and oxygen atoms in total. The largest absolute Gasteiger partial charge is 0.343 e. The molecule has 0 unspecified atom stereocenters. The van der Waals surface area contributed by atoms with Gasteiger partial charge in [-0.15, -0.1) is 0 Å². The smallest absolute Gasteiger partial charge is 0.251 e. The highest BCUT2D eigenvalue weighted by molar-refractivity contribution is 9.10. The van der Waals surface area contributed by atoms with Crippen molar-refractivity contribution < 1.29 is 9.59 Å². The minimum atomic E-state index is -0.268. The van der Waals surface area contributed by atoms with Crippen molar-refractivity contribution in [3.63, 3.8) is 0 Å². The van der Waals surface area contributed by atoms with Crippen molar-refractivity contribution in [2.75, 3.05) is 11.9 Å².